The van der Waals surface area contributed by atoms with Crippen molar-refractivity contribution in [2.45, 2.75) is 58.0 Å². The summed E-state index contributed by atoms with van der Waals surface area (Å²) in [6, 6.07) is 0. The fourth-order valence-corrected chi connectivity index (χ4v) is 1.93. The zero-order valence-electron chi connectivity index (χ0n) is 15.5. The molecule has 0 aliphatic heterocycles. The second kappa shape index (κ2) is 18.4. The Hall–Kier alpha value is -1.91. The van der Waals surface area contributed by atoms with Gasteiger partial charge in [-0.15, -0.1) is 0 Å². The van der Waals surface area contributed by atoms with E-state index in [1.807, 2.05) is 30.4 Å². The van der Waals surface area contributed by atoms with E-state index in [2.05, 4.69) is 46.9 Å². The molecule has 0 aromatic heterocycles. The van der Waals surface area contributed by atoms with Crippen molar-refractivity contribution in [1.29, 1.82) is 0 Å². The maximum absolute atomic E-state index is 10.9. The molecule has 0 radical (unpaired) electrons. The lowest BCUT2D eigenvalue weighted by Crippen LogP contribution is -2.04. The number of ether oxygens (including phenoxy) is 1. The number of allylic oxidation sites excluding steroid dienone is 8. The molecule has 0 saturated heterocycles. The molecule has 1 unspecified atom stereocenters. The standard InChI is InChI=1S/C21H32O4/c1-3-4-5-6-8-11-14-17-20(25-23)18-15-12-9-7-10-13-16-19-21(22)24-2/h4-5,7-8,10-12,14-15,17,20,23H,3,6,9,13,16,18-19H2,1-2H3/b5-4+,10-7+,11-8+,15-12+,17-14+. The van der Waals surface area contributed by atoms with E-state index in [0.29, 0.717) is 12.8 Å². The van der Waals surface area contributed by atoms with E-state index >= 15 is 0 Å². The number of hydrogen-bond acceptors (Lipinski definition) is 4. The molecular formula is C21H32O4. The number of carbonyl (C=O) groups is 1. The molecule has 0 fully saturated rings. The van der Waals surface area contributed by atoms with Crippen LogP contribution in [-0.4, -0.2) is 24.4 Å². The van der Waals surface area contributed by atoms with Crippen LogP contribution in [0.3, 0.4) is 0 Å². The molecule has 25 heavy (non-hydrogen) atoms. The maximum Gasteiger partial charge on any atom is 0.305 e. The first-order chi connectivity index (χ1) is 12.2. The summed E-state index contributed by atoms with van der Waals surface area (Å²) >= 11 is 0. The molecular weight excluding hydrogens is 316 g/mol. The fraction of sp³-hybridized carbons (Fsp3) is 0.476. The Bertz CT molecular complexity index is 459. The number of unbranched alkanes of at least 4 members (excludes halogenated alkanes) is 1. The third kappa shape index (κ3) is 16.7. The van der Waals surface area contributed by atoms with Crippen molar-refractivity contribution in [3.8, 4) is 0 Å². The third-order valence-corrected chi connectivity index (χ3v) is 3.34. The highest BCUT2D eigenvalue weighted by atomic mass is 17.1. The van der Waals surface area contributed by atoms with Gasteiger partial charge in [-0.1, -0.05) is 67.7 Å². The van der Waals surface area contributed by atoms with Gasteiger partial charge in [0, 0.05) is 6.42 Å². The highest BCUT2D eigenvalue weighted by molar-refractivity contribution is 5.69. The molecule has 0 aliphatic carbocycles. The summed E-state index contributed by atoms with van der Waals surface area (Å²) in [4.78, 5) is 15.4. The molecule has 140 valence electrons. The minimum atomic E-state index is -0.337. The smallest absolute Gasteiger partial charge is 0.305 e. The normalized spacial score (nSPS) is 13.9. The summed E-state index contributed by atoms with van der Waals surface area (Å²) < 4.78 is 4.58. The van der Waals surface area contributed by atoms with Gasteiger partial charge in [0.2, 0.25) is 0 Å². The molecule has 0 saturated carbocycles. The first-order valence-corrected chi connectivity index (χ1v) is 8.89. The van der Waals surface area contributed by atoms with Crippen LogP contribution in [0.25, 0.3) is 0 Å². The van der Waals surface area contributed by atoms with Gasteiger partial charge in [-0.25, -0.2) is 4.89 Å². The predicted molar refractivity (Wildman–Crippen MR) is 103 cm³/mol. The minimum Gasteiger partial charge on any atom is -0.469 e. The Kier molecular flexibility index (Phi) is 17.0. The van der Waals surface area contributed by atoms with Gasteiger partial charge in [-0.3, -0.25) is 10.1 Å². The highest BCUT2D eigenvalue weighted by Crippen LogP contribution is 2.03. The van der Waals surface area contributed by atoms with Crippen LogP contribution in [0, 0.1) is 0 Å². The molecule has 0 bridgehead atoms. The van der Waals surface area contributed by atoms with Crippen LogP contribution in [0.1, 0.15) is 51.9 Å². The lowest BCUT2D eigenvalue weighted by atomic mass is 10.2. The van der Waals surface area contributed by atoms with Crippen molar-refractivity contribution in [2.24, 2.45) is 0 Å². The van der Waals surface area contributed by atoms with Crippen LogP contribution in [0.15, 0.2) is 60.8 Å². The van der Waals surface area contributed by atoms with Gasteiger partial charge < -0.3 is 4.74 Å². The Morgan fingerprint density at radius 3 is 2.44 bits per heavy atom. The fourth-order valence-electron chi connectivity index (χ4n) is 1.93. The average Bonchev–Trinajstić information content (AvgIpc) is 2.63. The van der Waals surface area contributed by atoms with Gasteiger partial charge in [0.25, 0.3) is 0 Å². The summed E-state index contributed by atoms with van der Waals surface area (Å²) in [6.45, 7) is 2.11. The summed E-state index contributed by atoms with van der Waals surface area (Å²) in [5.41, 5.74) is 0. The lowest BCUT2D eigenvalue weighted by Gasteiger charge is -2.03. The average molecular weight is 348 g/mol. The van der Waals surface area contributed by atoms with Gasteiger partial charge in [0.05, 0.1) is 7.11 Å². The third-order valence-electron chi connectivity index (χ3n) is 3.34. The second-order valence-electron chi connectivity index (χ2n) is 5.45. The van der Waals surface area contributed by atoms with Crippen LogP contribution in [0.5, 0.6) is 0 Å². The van der Waals surface area contributed by atoms with E-state index in [-0.39, 0.29) is 12.1 Å². The number of esters is 1. The van der Waals surface area contributed by atoms with E-state index < -0.39 is 0 Å². The monoisotopic (exact) mass is 348 g/mol. The van der Waals surface area contributed by atoms with Crippen LogP contribution in [0.4, 0.5) is 0 Å². The molecule has 0 aromatic rings. The highest BCUT2D eigenvalue weighted by Gasteiger charge is 1.99. The Labute approximate surface area is 152 Å². The van der Waals surface area contributed by atoms with Crippen LogP contribution >= 0.6 is 0 Å². The van der Waals surface area contributed by atoms with Crippen molar-refractivity contribution >= 4 is 5.97 Å². The van der Waals surface area contributed by atoms with Gasteiger partial charge >= 0.3 is 5.97 Å². The minimum absolute atomic E-state index is 0.163. The predicted octanol–water partition coefficient (Wildman–Crippen LogP) is 5.55. The quantitative estimate of drug-likeness (QED) is 0.112. The summed E-state index contributed by atoms with van der Waals surface area (Å²) in [5, 5.41) is 8.89. The topological polar surface area (TPSA) is 55.8 Å². The summed E-state index contributed by atoms with van der Waals surface area (Å²) in [7, 11) is 1.41. The zero-order chi connectivity index (χ0) is 18.6. The second-order valence-corrected chi connectivity index (χ2v) is 5.45. The Balaban J connectivity index is 3.84. The van der Waals surface area contributed by atoms with Gasteiger partial charge in [-0.05, 0) is 38.5 Å². The number of rotatable bonds is 14. The van der Waals surface area contributed by atoms with Crippen LogP contribution in [-0.2, 0) is 14.4 Å². The van der Waals surface area contributed by atoms with Crippen LogP contribution in [0.2, 0.25) is 0 Å². The van der Waals surface area contributed by atoms with Crippen molar-refractivity contribution in [1.82, 2.24) is 0 Å². The van der Waals surface area contributed by atoms with E-state index in [9.17, 15) is 4.79 Å². The molecule has 0 heterocycles. The Morgan fingerprint density at radius 1 is 1.00 bits per heavy atom. The van der Waals surface area contributed by atoms with E-state index in [4.69, 9.17) is 5.26 Å². The largest absolute Gasteiger partial charge is 0.469 e. The molecule has 4 heteroatoms. The molecule has 0 amide bonds. The number of methoxy groups -OCH3 is 1. The number of hydrogen-bond donors (Lipinski definition) is 1. The molecule has 0 rings (SSSR count). The molecule has 0 aromatic carbocycles. The van der Waals surface area contributed by atoms with Crippen molar-refractivity contribution < 1.29 is 19.7 Å². The van der Waals surface area contributed by atoms with E-state index in [1.165, 1.54) is 7.11 Å². The van der Waals surface area contributed by atoms with Crippen LogP contribution < -0.4 is 0 Å². The first kappa shape index (κ1) is 23.1. The van der Waals surface area contributed by atoms with E-state index in [1.54, 1.807) is 0 Å². The zero-order valence-corrected chi connectivity index (χ0v) is 15.5. The summed E-state index contributed by atoms with van der Waals surface area (Å²) in [6.07, 6.45) is 25.3. The molecule has 0 aliphatic rings. The lowest BCUT2D eigenvalue weighted by molar-refractivity contribution is -0.264. The van der Waals surface area contributed by atoms with Crippen molar-refractivity contribution in [3.05, 3.63) is 60.8 Å². The SMILES string of the molecule is CC/C=C/C/C=C/C=C/C(C/C=C/C/C=C/CCCC(=O)OC)OO. The van der Waals surface area contributed by atoms with Gasteiger partial charge in [0.1, 0.15) is 6.10 Å². The molecule has 1 atom stereocenters. The first-order valence-electron chi connectivity index (χ1n) is 8.89. The van der Waals surface area contributed by atoms with Crippen molar-refractivity contribution in [3.63, 3.8) is 0 Å². The maximum atomic E-state index is 10.9. The van der Waals surface area contributed by atoms with Crippen molar-refractivity contribution in [2.75, 3.05) is 7.11 Å². The Morgan fingerprint density at radius 2 is 1.72 bits per heavy atom. The van der Waals surface area contributed by atoms with E-state index in [0.717, 1.165) is 32.1 Å². The number of carbonyl (C=O) groups excluding carboxylic acids is 1. The molecule has 0 spiro atoms. The van der Waals surface area contributed by atoms with Gasteiger partial charge in [-0.2, -0.15) is 0 Å². The van der Waals surface area contributed by atoms with Gasteiger partial charge in [0.15, 0.2) is 0 Å². The molecule has 4 nitrogen and oxygen atoms in total. The summed E-state index contributed by atoms with van der Waals surface area (Å²) in [5.74, 6) is -0.163. The molecule has 1 N–H and O–H groups in total.